The number of nitrogens with two attached hydrogens (primary N) is 1. The van der Waals surface area contributed by atoms with Crippen molar-refractivity contribution in [2.75, 3.05) is 14.1 Å². The summed E-state index contributed by atoms with van der Waals surface area (Å²) in [6.45, 7) is 3.20. The van der Waals surface area contributed by atoms with Crippen LogP contribution in [0.15, 0.2) is 18.2 Å². The van der Waals surface area contributed by atoms with E-state index in [9.17, 15) is 39.0 Å². The van der Waals surface area contributed by atoms with Crippen LogP contribution in [-0.4, -0.2) is 82.0 Å². The molecule has 0 saturated heterocycles. The molecule has 4 N–H and O–H groups in total. The third kappa shape index (κ3) is 3.26. The quantitative estimate of drug-likeness (QED) is 0.355. The second kappa shape index (κ2) is 8.59. The van der Waals surface area contributed by atoms with Gasteiger partial charge in [-0.25, -0.2) is 0 Å². The number of phenolic OH excluding ortho intramolecular Hbond substituents is 1. The lowest BCUT2D eigenvalue weighted by Crippen LogP contribution is -2.78. The van der Waals surface area contributed by atoms with E-state index in [1.54, 1.807) is 13.0 Å². The molecule has 3 aliphatic carbocycles. The van der Waals surface area contributed by atoms with E-state index >= 15 is 0 Å². The van der Waals surface area contributed by atoms with Gasteiger partial charge in [-0.2, -0.15) is 0 Å². The fraction of sp³-hybridized carbons (Fsp3) is 0.520. The monoisotopic (exact) mass is 500 g/mol. The Labute approximate surface area is 206 Å². The number of benzene rings is 1. The average Bonchev–Trinajstić information content (AvgIpc) is 2.80. The van der Waals surface area contributed by atoms with Gasteiger partial charge in [-0.15, -0.1) is 0 Å². The van der Waals surface area contributed by atoms with Crippen molar-refractivity contribution in [2.24, 2.45) is 29.4 Å². The number of amides is 1. The minimum atomic E-state index is -3.01. The number of fused-ring (bicyclic) bond motifs is 3. The summed E-state index contributed by atoms with van der Waals surface area (Å²) in [6.07, 6.45) is -1.51. The number of likely N-dealkylation sites (N-methyl/N-ethyl adjacent to an activating group) is 1. The van der Waals surface area contributed by atoms with Crippen LogP contribution in [0.2, 0.25) is 0 Å². The third-order valence-corrected chi connectivity index (χ3v) is 7.88. The highest BCUT2D eigenvalue weighted by molar-refractivity contribution is 6.32. The number of hydrogen-bond acceptors (Lipinski definition) is 10. The van der Waals surface area contributed by atoms with Gasteiger partial charge >= 0.3 is 5.97 Å². The second-order valence-corrected chi connectivity index (χ2v) is 9.92. The SMILES string of the molecule is CCC(=O)O[C@H]1[C@H]2C(C(=O)c3c(O)cccc3[C@@H]2C)C(=O)[C@]2(O)C(=O)C(C(N)=O)C(=O)C(N(C)C)[C@H]12. The molecule has 2 saturated carbocycles. The summed E-state index contributed by atoms with van der Waals surface area (Å²) in [7, 11) is 2.91. The van der Waals surface area contributed by atoms with E-state index in [1.807, 2.05) is 0 Å². The zero-order valence-electron chi connectivity index (χ0n) is 20.3. The molecule has 8 atom stereocenters. The smallest absolute Gasteiger partial charge is 0.305 e. The standard InChI is InChI=1S/C25H28N2O9/c1-5-12(29)36-21-13-9(2)10-7-6-8-11(28)14(10)19(30)15(13)22(32)25(35)17(21)18(27(3)4)20(31)16(23(25)33)24(26)34/h6-9,13,15-18,21,28,35H,5H2,1-4H3,(H2,26,34)/t9-,13+,15?,16?,17+,18?,21-,25-/m0/s1. The maximum Gasteiger partial charge on any atom is 0.305 e. The Bertz CT molecular complexity index is 1210. The number of ketones is 4. The fourth-order valence-electron chi connectivity index (χ4n) is 6.30. The van der Waals surface area contributed by atoms with Crippen LogP contribution < -0.4 is 5.73 Å². The van der Waals surface area contributed by atoms with Crippen LogP contribution in [-0.2, 0) is 28.7 Å². The summed E-state index contributed by atoms with van der Waals surface area (Å²) in [5, 5.41) is 22.2. The first kappa shape index (κ1) is 25.6. The molecule has 0 aliphatic heterocycles. The molecule has 1 amide bonds. The lowest BCUT2D eigenvalue weighted by atomic mass is 9.49. The van der Waals surface area contributed by atoms with Crippen LogP contribution in [0.3, 0.4) is 0 Å². The first-order valence-electron chi connectivity index (χ1n) is 11.7. The molecule has 3 unspecified atom stereocenters. The molecule has 1 aromatic carbocycles. The molecule has 36 heavy (non-hydrogen) atoms. The maximum absolute atomic E-state index is 14.0. The molecule has 0 heterocycles. The summed E-state index contributed by atoms with van der Waals surface area (Å²) in [5.74, 6) is -14.0. The topological polar surface area (TPSA) is 181 Å². The van der Waals surface area contributed by atoms with Gasteiger partial charge in [0.25, 0.3) is 0 Å². The molecule has 192 valence electrons. The molecule has 2 fully saturated rings. The molecule has 1 aromatic rings. The van der Waals surface area contributed by atoms with E-state index in [4.69, 9.17) is 10.5 Å². The number of aromatic hydroxyl groups is 1. The number of primary amides is 1. The predicted octanol–water partition coefficient (Wildman–Crippen LogP) is -0.640. The largest absolute Gasteiger partial charge is 0.507 e. The van der Waals surface area contributed by atoms with Crippen LogP contribution >= 0.6 is 0 Å². The Morgan fingerprint density at radius 3 is 2.33 bits per heavy atom. The molecule has 0 bridgehead atoms. The van der Waals surface area contributed by atoms with Gasteiger partial charge in [-0.3, -0.25) is 33.7 Å². The van der Waals surface area contributed by atoms with Crippen molar-refractivity contribution in [3.8, 4) is 5.75 Å². The van der Waals surface area contributed by atoms with Crippen molar-refractivity contribution < 1.29 is 43.7 Å². The Balaban J connectivity index is 2.03. The van der Waals surface area contributed by atoms with Crippen LogP contribution in [0.4, 0.5) is 0 Å². The zero-order chi connectivity index (χ0) is 26.9. The number of carbonyl (C=O) groups is 6. The van der Waals surface area contributed by atoms with E-state index in [0.717, 1.165) is 0 Å². The van der Waals surface area contributed by atoms with Crippen molar-refractivity contribution >= 4 is 35.0 Å². The molecule has 0 radical (unpaired) electrons. The van der Waals surface area contributed by atoms with Gasteiger partial charge in [0.2, 0.25) is 5.91 Å². The number of esters is 1. The summed E-state index contributed by atoms with van der Waals surface area (Å²) in [6, 6.07) is 3.00. The highest BCUT2D eigenvalue weighted by Crippen LogP contribution is 2.55. The number of aliphatic hydroxyl groups is 1. The van der Waals surface area contributed by atoms with Crippen LogP contribution in [0.5, 0.6) is 5.75 Å². The minimum absolute atomic E-state index is 0.0921. The number of hydrogen-bond donors (Lipinski definition) is 3. The van der Waals surface area contributed by atoms with Gasteiger partial charge < -0.3 is 20.7 Å². The third-order valence-electron chi connectivity index (χ3n) is 7.88. The maximum atomic E-state index is 14.0. The highest BCUT2D eigenvalue weighted by atomic mass is 16.5. The zero-order valence-corrected chi connectivity index (χ0v) is 20.3. The average molecular weight is 501 g/mol. The summed E-state index contributed by atoms with van der Waals surface area (Å²) in [5.41, 5.74) is 2.59. The Kier molecular flexibility index (Phi) is 6.12. The van der Waals surface area contributed by atoms with Gasteiger partial charge in [0, 0.05) is 12.3 Å². The molecular weight excluding hydrogens is 472 g/mol. The lowest BCUT2D eigenvalue weighted by Gasteiger charge is -2.56. The first-order chi connectivity index (χ1) is 16.8. The number of nitrogens with zero attached hydrogens (tertiary/aromatic N) is 1. The fourth-order valence-corrected chi connectivity index (χ4v) is 6.30. The van der Waals surface area contributed by atoms with Crippen LogP contribution in [0.1, 0.15) is 42.1 Å². The van der Waals surface area contributed by atoms with Gasteiger partial charge in [-0.1, -0.05) is 26.0 Å². The Morgan fingerprint density at radius 1 is 1.14 bits per heavy atom. The van der Waals surface area contributed by atoms with E-state index in [2.05, 4.69) is 0 Å². The number of Topliss-reactive ketones (excluding diaryl/α,β-unsaturated/α-hetero) is 4. The first-order valence-corrected chi connectivity index (χ1v) is 11.7. The van der Waals surface area contributed by atoms with Crippen molar-refractivity contribution in [1.82, 2.24) is 4.90 Å². The normalized spacial score (nSPS) is 35.7. The summed E-state index contributed by atoms with van der Waals surface area (Å²) < 4.78 is 5.72. The molecular formula is C25H28N2O9. The predicted molar refractivity (Wildman–Crippen MR) is 122 cm³/mol. The van der Waals surface area contributed by atoms with Gasteiger partial charge in [-0.05, 0) is 31.6 Å². The number of phenols is 1. The number of carbonyl (C=O) groups excluding carboxylic acids is 6. The van der Waals surface area contributed by atoms with Crippen molar-refractivity contribution in [1.29, 1.82) is 0 Å². The summed E-state index contributed by atoms with van der Waals surface area (Å²) >= 11 is 0. The second-order valence-electron chi connectivity index (χ2n) is 9.92. The molecule has 0 aromatic heterocycles. The van der Waals surface area contributed by atoms with E-state index < -0.39 is 82.3 Å². The minimum Gasteiger partial charge on any atom is -0.507 e. The Hall–Kier alpha value is -3.44. The molecule has 11 nitrogen and oxygen atoms in total. The van der Waals surface area contributed by atoms with E-state index in [0.29, 0.717) is 5.56 Å². The van der Waals surface area contributed by atoms with Gasteiger partial charge in [0.1, 0.15) is 11.9 Å². The number of ether oxygens (including phenoxy) is 1. The van der Waals surface area contributed by atoms with E-state index in [1.165, 1.54) is 38.1 Å². The molecule has 11 heteroatoms. The van der Waals surface area contributed by atoms with E-state index in [-0.39, 0.29) is 17.7 Å². The van der Waals surface area contributed by atoms with Gasteiger partial charge in [0.15, 0.2) is 34.7 Å². The van der Waals surface area contributed by atoms with Gasteiger partial charge in [0.05, 0.1) is 23.4 Å². The highest BCUT2D eigenvalue weighted by Gasteiger charge is 2.74. The number of rotatable bonds is 4. The Morgan fingerprint density at radius 2 is 1.78 bits per heavy atom. The summed E-state index contributed by atoms with van der Waals surface area (Å²) in [4.78, 5) is 80.4. The molecule has 4 rings (SSSR count). The van der Waals surface area contributed by atoms with Crippen molar-refractivity contribution in [2.45, 2.75) is 43.9 Å². The van der Waals surface area contributed by atoms with Crippen LogP contribution in [0, 0.1) is 23.7 Å². The van der Waals surface area contributed by atoms with Crippen molar-refractivity contribution in [3.63, 3.8) is 0 Å². The van der Waals surface area contributed by atoms with Crippen LogP contribution in [0.25, 0.3) is 0 Å². The molecule has 3 aliphatic rings. The molecule has 0 spiro atoms. The lowest BCUT2D eigenvalue weighted by molar-refractivity contribution is -0.205. The van der Waals surface area contributed by atoms with Crippen molar-refractivity contribution in [3.05, 3.63) is 29.3 Å².